The lowest BCUT2D eigenvalue weighted by Gasteiger charge is -2.04. The van der Waals surface area contributed by atoms with Crippen molar-refractivity contribution in [3.05, 3.63) is 42.8 Å². The molecule has 3 nitrogen and oxygen atoms in total. The molecule has 0 radical (unpaired) electrons. The van der Waals surface area contributed by atoms with Crippen molar-refractivity contribution in [2.75, 3.05) is 0 Å². The summed E-state index contributed by atoms with van der Waals surface area (Å²) in [5, 5.41) is 9.01. The zero-order valence-corrected chi connectivity index (χ0v) is 13.2. The minimum absolute atomic E-state index is 0.691. The molecule has 17 heavy (non-hydrogen) atoms. The Balaban J connectivity index is 2.55. The Hall–Kier alpha value is -0.750. The SMILES string of the molecule is Cc1cnc(-c2cc(I)c(C#N)c(I)c2)nc1. The first-order valence-corrected chi connectivity index (χ1v) is 6.95. The van der Waals surface area contributed by atoms with E-state index in [4.69, 9.17) is 5.26 Å². The van der Waals surface area contributed by atoms with Crippen LogP contribution >= 0.6 is 45.2 Å². The zero-order chi connectivity index (χ0) is 12.4. The second kappa shape index (κ2) is 5.27. The van der Waals surface area contributed by atoms with E-state index in [9.17, 15) is 0 Å². The first kappa shape index (κ1) is 12.7. The van der Waals surface area contributed by atoms with Crippen LogP contribution in [0, 0.1) is 25.4 Å². The molecule has 1 heterocycles. The van der Waals surface area contributed by atoms with E-state index in [-0.39, 0.29) is 0 Å². The van der Waals surface area contributed by atoms with Crippen LogP contribution in [-0.2, 0) is 0 Å². The molecule has 84 valence electrons. The van der Waals surface area contributed by atoms with Crippen LogP contribution in [0.3, 0.4) is 0 Å². The number of aromatic nitrogens is 2. The van der Waals surface area contributed by atoms with Crippen molar-refractivity contribution >= 4 is 45.2 Å². The molecule has 0 N–H and O–H groups in total. The summed E-state index contributed by atoms with van der Waals surface area (Å²) < 4.78 is 1.85. The van der Waals surface area contributed by atoms with Gasteiger partial charge in [-0.25, -0.2) is 9.97 Å². The predicted octanol–water partition coefficient (Wildman–Crippen LogP) is 3.53. The van der Waals surface area contributed by atoms with Crippen molar-refractivity contribution in [1.82, 2.24) is 9.97 Å². The Kier molecular flexibility index (Phi) is 3.93. The number of rotatable bonds is 1. The van der Waals surface area contributed by atoms with Gasteiger partial charge >= 0.3 is 0 Å². The molecule has 0 amide bonds. The molecule has 0 spiro atoms. The second-order valence-electron chi connectivity index (χ2n) is 3.51. The average molecular weight is 447 g/mol. The van der Waals surface area contributed by atoms with Crippen molar-refractivity contribution in [3.63, 3.8) is 0 Å². The lowest BCUT2D eigenvalue weighted by atomic mass is 10.1. The van der Waals surface area contributed by atoms with Crippen molar-refractivity contribution in [2.24, 2.45) is 0 Å². The number of aryl methyl sites for hydroxylation is 1. The monoisotopic (exact) mass is 447 g/mol. The van der Waals surface area contributed by atoms with E-state index in [1.165, 1.54) is 0 Å². The molecule has 0 saturated carbocycles. The molecule has 0 bridgehead atoms. The van der Waals surface area contributed by atoms with Crippen LogP contribution < -0.4 is 0 Å². The molecule has 5 heteroatoms. The van der Waals surface area contributed by atoms with Gasteiger partial charge in [0.05, 0.1) is 5.56 Å². The van der Waals surface area contributed by atoms with Gasteiger partial charge in [0.1, 0.15) is 6.07 Å². The van der Waals surface area contributed by atoms with E-state index < -0.39 is 0 Å². The molecule has 1 aromatic carbocycles. The van der Waals surface area contributed by atoms with Crippen LogP contribution in [0.2, 0.25) is 0 Å². The Bertz CT molecular complexity index is 577. The Morgan fingerprint density at radius 3 is 2.12 bits per heavy atom. The summed E-state index contributed by atoms with van der Waals surface area (Å²) >= 11 is 4.32. The molecule has 0 aliphatic heterocycles. The van der Waals surface area contributed by atoms with Crippen LogP contribution in [0.25, 0.3) is 11.4 Å². The zero-order valence-electron chi connectivity index (χ0n) is 8.91. The second-order valence-corrected chi connectivity index (χ2v) is 5.84. The Morgan fingerprint density at radius 1 is 1.12 bits per heavy atom. The maximum absolute atomic E-state index is 9.01. The van der Waals surface area contributed by atoms with Gasteiger partial charge in [-0.05, 0) is 69.8 Å². The van der Waals surface area contributed by atoms with Crippen LogP contribution in [0.15, 0.2) is 24.5 Å². The number of hydrogen-bond acceptors (Lipinski definition) is 3. The van der Waals surface area contributed by atoms with Crippen LogP contribution in [0.4, 0.5) is 0 Å². The highest BCUT2D eigenvalue weighted by Crippen LogP contribution is 2.25. The van der Waals surface area contributed by atoms with E-state index in [0.717, 1.165) is 18.3 Å². The van der Waals surface area contributed by atoms with Crippen molar-refractivity contribution < 1.29 is 0 Å². The average Bonchev–Trinajstić information content (AvgIpc) is 2.29. The predicted molar refractivity (Wildman–Crippen MR) is 82.4 cm³/mol. The van der Waals surface area contributed by atoms with Crippen LogP contribution in [-0.4, -0.2) is 9.97 Å². The maximum atomic E-state index is 9.01. The fourth-order valence-corrected chi connectivity index (χ4v) is 3.36. The Labute approximate surface area is 127 Å². The molecule has 0 fully saturated rings. The van der Waals surface area contributed by atoms with Gasteiger partial charge in [0.2, 0.25) is 0 Å². The molecule has 0 aliphatic carbocycles. The van der Waals surface area contributed by atoms with Gasteiger partial charge < -0.3 is 0 Å². The molecular formula is C12H7I2N3. The van der Waals surface area contributed by atoms with Gasteiger partial charge in [-0.1, -0.05) is 0 Å². The normalized spacial score (nSPS) is 10.0. The van der Waals surface area contributed by atoms with Gasteiger partial charge in [0, 0.05) is 25.1 Å². The van der Waals surface area contributed by atoms with Gasteiger partial charge in [0.15, 0.2) is 5.82 Å². The fraction of sp³-hybridized carbons (Fsp3) is 0.0833. The third-order valence-electron chi connectivity index (χ3n) is 2.19. The Morgan fingerprint density at radius 2 is 1.65 bits per heavy atom. The molecule has 2 aromatic rings. The minimum Gasteiger partial charge on any atom is -0.236 e. The topological polar surface area (TPSA) is 49.6 Å². The number of benzene rings is 1. The molecule has 0 saturated heterocycles. The van der Waals surface area contributed by atoms with E-state index in [1.54, 1.807) is 12.4 Å². The molecule has 0 atom stereocenters. The summed E-state index contributed by atoms with van der Waals surface area (Å²) in [5.74, 6) is 0.691. The molecule has 1 aromatic heterocycles. The lowest BCUT2D eigenvalue weighted by Crippen LogP contribution is -1.93. The highest BCUT2D eigenvalue weighted by molar-refractivity contribution is 14.1. The minimum atomic E-state index is 0.691. The standard InChI is InChI=1S/C12H7I2N3/c1-7-5-16-12(17-6-7)8-2-10(13)9(4-15)11(14)3-8/h2-3,5-6H,1H3. The first-order valence-electron chi connectivity index (χ1n) is 4.80. The van der Waals surface area contributed by atoms with E-state index in [1.807, 2.05) is 19.1 Å². The summed E-state index contributed by atoms with van der Waals surface area (Å²) in [7, 11) is 0. The van der Waals surface area contributed by atoms with Crippen molar-refractivity contribution in [3.8, 4) is 17.5 Å². The lowest BCUT2D eigenvalue weighted by molar-refractivity contribution is 1.14. The number of hydrogen-bond donors (Lipinski definition) is 0. The first-order chi connectivity index (χ1) is 8.11. The van der Waals surface area contributed by atoms with Crippen LogP contribution in [0.1, 0.15) is 11.1 Å². The van der Waals surface area contributed by atoms with Crippen molar-refractivity contribution in [1.29, 1.82) is 5.26 Å². The van der Waals surface area contributed by atoms with Crippen molar-refractivity contribution in [2.45, 2.75) is 6.92 Å². The van der Waals surface area contributed by atoms with E-state index in [0.29, 0.717) is 11.4 Å². The van der Waals surface area contributed by atoms with E-state index >= 15 is 0 Å². The highest BCUT2D eigenvalue weighted by atomic mass is 127. The maximum Gasteiger partial charge on any atom is 0.159 e. The quantitative estimate of drug-likeness (QED) is 0.629. The third-order valence-corrected chi connectivity index (χ3v) is 3.89. The fourth-order valence-electron chi connectivity index (χ4n) is 1.35. The summed E-state index contributed by atoms with van der Waals surface area (Å²) in [6.45, 7) is 1.95. The smallest absolute Gasteiger partial charge is 0.159 e. The van der Waals surface area contributed by atoms with Gasteiger partial charge in [-0.2, -0.15) is 5.26 Å². The summed E-state index contributed by atoms with van der Waals surface area (Å²) in [5.41, 5.74) is 2.69. The van der Waals surface area contributed by atoms with Gasteiger partial charge in [0.25, 0.3) is 0 Å². The van der Waals surface area contributed by atoms with Crippen LogP contribution in [0.5, 0.6) is 0 Å². The van der Waals surface area contributed by atoms with Gasteiger partial charge in [-0.15, -0.1) is 0 Å². The molecular weight excluding hydrogens is 440 g/mol. The summed E-state index contributed by atoms with van der Waals surface area (Å²) in [6, 6.07) is 6.07. The molecule has 0 aliphatic rings. The molecule has 2 rings (SSSR count). The third kappa shape index (κ3) is 2.74. The largest absolute Gasteiger partial charge is 0.236 e. The summed E-state index contributed by atoms with van der Waals surface area (Å²) in [4.78, 5) is 8.57. The number of nitrogens with zero attached hydrogens (tertiary/aromatic N) is 3. The summed E-state index contributed by atoms with van der Waals surface area (Å²) in [6.07, 6.45) is 3.58. The molecule has 0 unspecified atom stereocenters. The van der Waals surface area contributed by atoms with Gasteiger partial charge in [-0.3, -0.25) is 0 Å². The number of nitriles is 1. The number of halogens is 2. The van der Waals surface area contributed by atoms with E-state index in [2.05, 4.69) is 61.2 Å². The highest BCUT2D eigenvalue weighted by Gasteiger charge is 2.09.